The van der Waals surface area contributed by atoms with Crippen molar-refractivity contribution < 1.29 is 34.3 Å². The van der Waals surface area contributed by atoms with Gasteiger partial charge in [0.25, 0.3) is 17.5 Å². The van der Waals surface area contributed by atoms with E-state index < -0.39 is 41.1 Å². The van der Waals surface area contributed by atoms with E-state index in [0.29, 0.717) is 0 Å². The van der Waals surface area contributed by atoms with Crippen LogP contribution in [0.4, 0.5) is 5.69 Å². The highest BCUT2D eigenvalue weighted by Gasteiger charge is 2.41. The fraction of sp³-hybridized carbons (Fsp3) is 0.111. The summed E-state index contributed by atoms with van der Waals surface area (Å²) in [6.45, 7) is 0. The molecule has 2 aromatic carbocycles. The minimum atomic E-state index is -1.29. The van der Waals surface area contributed by atoms with Gasteiger partial charge in [-0.15, -0.1) is 0 Å². The molecule has 0 saturated heterocycles. The number of aromatic carboxylic acids is 1. The zero-order chi connectivity index (χ0) is 20.6. The molecule has 0 radical (unpaired) electrons. The molecule has 0 saturated carbocycles. The smallest absolute Gasteiger partial charge is 0.335 e. The third kappa shape index (κ3) is 3.18. The van der Waals surface area contributed by atoms with Crippen molar-refractivity contribution in [2.24, 2.45) is 0 Å². The predicted molar refractivity (Wildman–Crippen MR) is 92.0 cm³/mol. The highest BCUT2D eigenvalue weighted by Crippen LogP contribution is 2.34. The van der Waals surface area contributed by atoms with E-state index in [2.05, 4.69) is 0 Å². The summed E-state index contributed by atoms with van der Waals surface area (Å²) in [6.07, 6.45) is -0.616. The lowest BCUT2D eigenvalue weighted by Crippen LogP contribution is -2.35. The van der Waals surface area contributed by atoms with Gasteiger partial charge in [-0.3, -0.25) is 29.4 Å². The van der Waals surface area contributed by atoms with E-state index in [1.807, 2.05) is 0 Å². The molecule has 1 atom stereocenters. The number of benzene rings is 2. The number of aliphatic carboxylic acids is 1. The zero-order valence-electron chi connectivity index (χ0n) is 14.1. The third-order valence-electron chi connectivity index (χ3n) is 4.33. The van der Waals surface area contributed by atoms with Crippen LogP contribution in [0.1, 0.15) is 49.1 Å². The van der Waals surface area contributed by atoms with Gasteiger partial charge in [0, 0.05) is 12.1 Å². The van der Waals surface area contributed by atoms with Crippen molar-refractivity contribution in [1.82, 2.24) is 4.90 Å². The maximum absolute atomic E-state index is 12.8. The molecule has 1 aliphatic rings. The van der Waals surface area contributed by atoms with Gasteiger partial charge in [0.05, 0.1) is 34.1 Å². The molecule has 2 aromatic rings. The summed E-state index contributed by atoms with van der Waals surface area (Å²) >= 11 is 0. The van der Waals surface area contributed by atoms with Crippen LogP contribution in [0.2, 0.25) is 0 Å². The lowest BCUT2D eigenvalue weighted by molar-refractivity contribution is -0.384. The number of rotatable bonds is 6. The van der Waals surface area contributed by atoms with Gasteiger partial charge in [0.15, 0.2) is 0 Å². The van der Waals surface area contributed by atoms with E-state index in [-0.39, 0.29) is 27.9 Å². The SMILES string of the molecule is O=C(O)CC(c1ccc([N+](=O)[O-])cc1)N1C(=O)c2ccc(C(=O)O)cc2C1=O. The van der Waals surface area contributed by atoms with Gasteiger partial charge < -0.3 is 10.2 Å². The molecular weight excluding hydrogens is 372 g/mol. The third-order valence-corrected chi connectivity index (χ3v) is 4.33. The van der Waals surface area contributed by atoms with E-state index in [1.165, 1.54) is 24.3 Å². The van der Waals surface area contributed by atoms with Gasteiger partial charge in [-0.2, -0.15) is 0 Å². The first-order valence-electron chi connectivity index (χ1n) is 7.92. The van der Waals surface area contributed by atoms with Crippen LogP contribution in [-0.4, -0.2) is 43.8 Å². The van der Waals surface area contributed by atoms with E-state index in [9.17, 15) is 34.4 Å². The fourth-order valence-corrected chi connectivity index (χ4v) is 3.02. The van der Waals surface area contributed by atoms with Crippen LogP contribution in [0, 0.1) is 10.1 Å². The quantitative estimate of drug-likeness (QED) is 0.436. The van der Waals surface area contributed by atoms with Gasteiger partial charge in [-0.25, -0.2) is 4.79 Å². The number of nitrogens with zero attached hydrogens (tertiary/aromatic N) is 2. The van der Waals surface area contributed by atoms with E-state index in [4.69, 9.17) is 5.11 Å². The molecule has 10 heteroatoms. The number of amides is 2. The highest BCUT2D eigenvalue weighted by atomic mass is 16.6. The standard InChI is InChI=1S/C18H12N2O8/c21-15(22)8-14(9-1-4-11(5-2-9)20(27)28)19-16(23)12-6-3-10(18(25)26)7-13(12)17(19)24/h1-7,14H,8H2,(H,21,22)(H,25,26). The van der Waals surface area contributed by atoms with Crippen molar-refractivity contribution >= 4 is 29.4 Å². The van der Waals surface area contributed by atoms with Crippen LogP contribution < -0.4 is 0 Å². The van der Waals surface area contributed by atoms with Gasteiger partial charge >= 0.3 is 11.9 Å². The van der Waals surface area contributed by atoms with Gasteiger partial charge in [-0.05, 0) is 23.8 Å². The summed E-state index contributed by atoms with van der Waals surface area (Å²) in [5, 5.41) is 29.1. The molecule has 1 aliphatic heterocycles. The number of hydrogen-bond donors (Lipinski definition) is 2. The second-order valence-electron chi connectivity index (χ2n) is 6.01. The average Bonchev–Trinajstić information content (AvgIpc) is 2.90. The summed E-state index contributed by atoms with van der Waals surface area (Å²) in [6, 6.07) is 7.07. The van der Waals surface area contributed by atoms with E-state index in [0.717, 1.165) is 23.1 Å². The molecule has 1 unspecified atom stereocenters. The number of carboxylic acid groups (broad SMARTS) is 2. The van der Waals surface area contributed by atoms with Crippen molar-refractivity contribution in [2.75, 3.05) is 0 Å². The van der Waals surface area contributed by atoms with Crippen molar-refractivity contribution in [2.45, 2.75) is 12.5 Å². The highest BCUT2D eigenvalue weighted by molar-refractivity contribution is 6.22. The van der Waals surface area contributed by atoms with Crippen molar-refractivity contribution in [1.29, 1.82) is 0 Å². The second-order valence-corrected chi connectivity index (χ2v) is 6.01. The number of fused-ring (bicyclic) bond motifs is 1. The lowest BCUT2D eigenvalue weighted by atomic mass is 10.0. The topological polar surface area (TPSA) is 155 Å². The Bertz CT molecular complexity index is 1030. The Kier molecular flexibility index (Phi) is 4.62. The molecule has 0 aliphatic carbocycles. The number of hydrogen-bond acceptors (Lipinski definition) is 6. The Morgan fingerprint density at radius 1 is 1.00 bits per heavy atom. The van der Waals surface area contributed by atoms with E-state index >= 15 is 0 Å². The minimum absolute atomic E-state index is 0.0349. The van der Waals surface area contributed by atoms with Crippen LogP contribution in [-0.2, 0) is 4.79 Å². The summed E-state index contributed by atoms with van der Waals surface area (Å²) in [5.41, 5.74) is -0.367. The number of nitro groups is 1. The first kappa shape index (κ1) is 18.7. The van der Waals surface area contributed by atoms with Gasteiger partial charge in [0.1, 0.15) is 0 Å². The van der Waals surface area contributed by atoms with Crippen molar-refractivity contribution in [3.63, 3.8) is 0 Å². The van der Waals surface area contributed by atoms with Crippen LogP contribution >= 0.6 is 0 Å². The fourth-order valence-electron chi connectivity index (χ4n) is 3.02. The Balaban J connectivity index is 2.04. The Morgan fingerprint density at radius 2 is 1.61 bits per heavy atom. The molecule has 1 heterocycles. The van der Waals surface area contributed by atoms with Crippen molar-refractivity contribution in [3.05, 3.63) is 74.8 Å². The molecule has 10 nitrogen and oxygen atoms in total. The monoisotopic (exact) mass is 384 g/mol. The molecule has 142 valence electrons. The first-order chi connectivity index (χ1) is 13.2. The lowest BCUT2D eigenvalue weighted by Gasteiger charge is -2.25. The van der Waals surface area contributed by atoms with Crippen LogP contribution in [0.15, 0.2) is 42.5 Å². The molecule has 0 spiro atoms. The Labute approximate surface area is 156 Å². The van der Waals surface area contributed by atoms with Crippen molar-refractivity contribution in [3.8, 4) is 0 Å². The summed E-state index contributed by atoms with van der Waals surface area (Å²) < 4.78 is 0. The number of carbonyl (C=O) groups is 4. The summed E-state index contributed by atoms with van der Waals surface area (Å²) in [7, 11) is 0. The molecule has 28 heavy (non-hydrogen) atoms. The normalized spacial score (nSPS) is 13.9. The van der Waals surface area contributed by atoms with Crippen LogP contribution in [0.3, 0.4) is 0 Å². The average molecular weight is 384 g/mol. The molecule has 0 aromatic heterocycles. The number of carboxylic acids is 2. The maximum Gasteiger partial charge on any atom is 0.335 e. The van der Waals surface area contributed by atoms with Gasteiger partial charge in [-0.1, -0.05) is 12.1 Å². The van der Waals surface area contributed by atoms with E-state index in [1.54, 1.807) is 0 Å². The first-order valence-corrected chi connectivity index (χ1v) is 7.92. The molecule has 0 bridgehead atoms. The van der Waals surface area contributed by atoms with Gasteiger partial charge in [0.2, 0.25) is 0 Å². The number of nitro benzene ring substituents is 1. The second kappa shape index (κ2) is 6.91. The Hall–Kier alpha value is -4.08. The number of carbonyl (C=O) groups excluding carboxylic acids is 2. The van der Waals surface area contributed by atoms with Crippen LogP contribution in [0.25, 0.3) is 0 Å². The molecule has 2 N–H and O–H groups in total. The molecule has 2 amide bonds. The molecular formula is C18H12N2O8. The minimum Gasteiger partial charge on any atom is -0.481 e. The van der Waals surface area contributed by atoms with Crippen LogP contribution in [0.5, 0.6) is 0 Å². The summed E-state index contributed by atoms with van der Waals surface area (Å²) in [4.78, 5) is 58.8. The molecule has 0 fully saturated rings. The summed E-state index contributed by atoms with van der Waals surface area (Å²) in [5.74, 6) is -4.15. The molecule has 3 rings (SSSR count). The number of non-ortho nitro benzene ring substituents is 1. The largest absolute Gasteiger partial charge is 0.481 e. The zero-order valence-corrected chi connectivity index (χ0v) is 14.1. The Morgan fingerprint density at radius 3 is 2.14 bits per heavy atom. The maximum atomic E-state index is 12.8. The predicted octanol–water partition coefficient (Wildman–Crippen LogP) is 2.11. The number of imide groups is 1.